The van der Waals surface area contributed by atoms with Crippen LogP contribution >= 0.6 is 11.8 Å². The van der Waals surface area contributed by atoms with Crippen LogP contribution in [0.15, 0.2) is 0 Å². The molecular formula is C15H28O3S. The third-order valence-electron chi connectivity index (χ3n) is 4.21. The summed E-state index contributed by atoms with van der Waals surface area (Å²) in [5.74, 6) is 0.413. The minimum Gasteiger partial charge on any atom is -0.481 e. The quantitative estimate of drug-likeness (QED) is 0.697. The van der Waals surface area contributed by atoms with Gasteiger partial charge in [0.15, 0.2) is 0 Å². The van der Waals surface area contributed by atoms with Gasteiger partial charge in [-0.3, -0.25) is 4.79 Å². The molecule has 1 aliphatic rings. The lowest BCUT2D eigenvalue weighted by atomic mass is 9.74. The lowest BCUT2D eigenvalue weighted by Gasteiger charge is -2.42. The first-order valence-electron chi connectivity index (χ1n) is 7.55. The number of carbonyl (C=O) groups is 1. The summed E-state index contributed by atoms with van der Waals surface area (Å²) in [5.41, 5.74) is 0.177. The van der Waals surface area contributed by atoms with Crippen molar-refractivity contribution in [3.63, 3.8) is 0 Å². The Morgan fingerprint density at radius 1 is 1.42 bits per heavy atom. The first kappa shape index (κ1) is 16.8. The van der Waals surface area contributed by atoms with Gasteiger partial charge in [-0.2, -0.15) is 0 Å². The molecule has 0 aliphatic carbocycles. The fraction of sp³-hybridized carbons (Fsp3) is 0.933. The topological polar surface area (TPSA) is 46.5 Å². The molecule has 1 saturated heterocycles. The Kier molecular flexibility index (Phi) is 7.84. The normalized spacial score (nSPS) is 22.9. The highest BCUT2D eigenvalue weighted by Gasteiger charge is 2.38. The molecular weight excluding hydrogens is 260 g/mol. The molecule has 4 heteroatoms. The average Bonchev–Trinajstić information content (AvgIpc) is 2.43. The van der Waals surface area contributed by atoms with Gasteiger partial charge in [0.1, 0.15) is 0 Å². The van der Waals surface area contributed by atoms with Crippen molar-refractivity contribution in [2.75, 3.05) is 18.1 Å². The summed E-state index contributed by atoms with van der Waals surface area (Å²) in [6.45, 7) is 5.32. The molecule has 0 saturated carbocycles. The summed E-state index contributed by atoms with van der Waals surface area (Å²) in [7, 11) is 0. The SMILES string of the molecule is CCCCC(CC)(CSCC(=O)O)C1CCCCO1. The van der Waals surface area contributed by atoms with Crippen LogP contribution in [-0.2, 0) is 9.53 Å². The zero-order valence-electron chi connectivity index (χ0n) is 12.3. The maximum atomic E-state index is 10.7. The third kappa shape index (κ3) is 5.35. The van der Waals surface area contributed by atoms with E-state index in [1.165, 1.54) is 25.7 Å². The molecule has 2 unspecified atom stereocenters. The van der Waals surface area contributed by atoms with Crippen molar-refractivity contribution in [3.05, 3.63) is 0 Å². The first-order valence-corrected chi connectivity index (χ1v) is 8.71. The van der Waals surface area contributed by atoms with Gasteiger partial charge in [-0.15, -0.1) is 11.8 Å². The van der Waals surface area contributed by atoms with Crippen molar-refractivity contribution >= 4 is 17.7 Å². The molecule has 2 atom stereocenters. The molecule has 0 aromatic carbocycles. The van der Waals surface area contributed by atoms with Gasteiger partial charge in [-0.1, -0.05) is 26.7 Å². The van der Waals surface area contributed by atoms with Gasteiger partial charge in [0.05, 0.1) is 11.9 Å². The van der Waals surface area contributed by atoms with Gasteiger partial charge in [-0.25, -0.2) is 0 Å². The predicted molar refractivity (Wildman–Crippen MR) is 80.8 cm³/mol. The predicted octanol–water partition coefficient (Wildman–Crippen LogP) is 3.96. The molecule has 1 aliphatic heterocycles. The second-order valence-electron chi connectivity index (χ2n) is 5.56. The second kappa shape index (κ2) is 8.85. The zero-order chi connectivity index (χ0) is 14.1. The first-order chi connectivity index (χ1) is 9.14. The summed E-state index contributed by atoms with van der Waals surface area (Å²) in [4.78, 5) is 10.7. The van der Waals surface area contributed by atoms with Crippen molar-refractivity contribution in [2.45, 2.75) is 64.9 Å². The number of carboxylic acid groups (broad SMARTS) is 1. The van der Waals surface area contributed by atoms with Crippen LogP contribution in [0.4, 0.5) is 0 Å². The molecule has 0 bridgehead atoms. The molecule has 1 fully saturated rings. The maximum absolute atomic E-state index is 10.7. The smallest absolute Gasteiger partial charge is 0.313 e. The van der Waals surface area contributed by atoms with Crippen LogP contribution in [0.25, 0.3) is 0 Å². The lowest BCUT2D eigenvalue weighted by Crippen LogP contribution is -2.41. The number of ether oxygens (including phenoxy) is 1. The molecule has 112 valence electrons. The molecule has 0 aromatic heterocycles. The van der Waals surface area contributed by atoms with Gasteiger partial charge < -0.3 is 9.84 Å². The zero-order valence-corrected chi connectivity index (χ0v) is 13.1. The monoisotopic (exact) mass is 288 g/mol. The van der Waals surface area contributed by atoms with Crippen molar-refractivity contribution < 1.29 is 14.6 Å². The Morgan fingerprint density at radius 2 is 2.21 bits per heavy atom. The second-order valence-corrected chi connectivity index (χ2v) is 6.55. The lowest BCUT2D eigenvalue weighted by molar-refractivity contribution is -0.133. The number of carboxylic acids is 1. The number of thioether (sulfide) groups is 1. The number of hydrogen-bond acceptors (Lipinski definition) is 3. The summed E-state index contributed by atoms with van der Waals surface area (Å²) in [6, 6.07) is 0. The Bertz CT molecular complexity index is 264. The minimum absolute atomic E-state index is 0.177. The van der Waals surface area contributed by atoms with Gasteiger partial charge in [-0.05, 0) is 32.1 Å². The molecule has 0 aromatic rings. The van der Waals surface area contributed by atoms with E-state index in [-0.39, 0.29) is 11.2 Å². The van der Waals surface area contributed by atoms with Crippen LogP contribution in [-0.4, -0.2) is 35.3 Å². The Balaban J connectivity index is 2.64. The van der Waals surface area contributed by atoms with Crippen molar-refractivity contribution in [1.82, 2.24) is 0 Å². The van der Waals surface area contributed by atoms with Crippen LogP contribution < -0.4 is 0 Å². The number of hydrogen-bond donors (Lipinski definition) is 1. The summed E-state index contributed by atoms with van der Waals surface area (Å²) < 4.78 is 6.03. The Morgan fingerprint density at radius 3 is 2.74 bits per heavy atom. The molecule has 1 heterocycles. The maximum Gasteiger partial charge on any atom is 0.313 e. The van der Waals surface area contributed by atoms with E-state index in [0.29, 0.717) is 6.10 Å². The molecule has 0 radical (unpaired) electrons. The number of unbranched alkanes of at least 4 members (excludes halogenated alkanes) is 1. The summed E-state index contributed by atoms with van der Waals surface area (Å²) >= 11 is 1.56. The fourth-order valence-electron chi connectivity index (χ4n) is 2.93. The largest absolute Gasteiger partial charge is 0.481 e. The van der Waals surface area contributed by atoms with Crippen molar-refractivity contribution in [2.24, 2.45) is 5.41 Å². The van der Waals surface area contributed by atoms with Crippen molar-refractivity contribution in [1.29, 1.82) is 0 Å². The van der Waals surface area contributed by atoms with Crippen molar-refractivity contribution in [3.8, 4) is 0 Å². The molecule has 1 N–H and O–H groups in total. The molecule has 3 nitrogen and oxygen atoms in total. The van der Waals surface area contributed by atoms with E-state index in [4.69, 9.17) is 9.84 Å². The highest BCUT2D eigenvalue weighted by Crippen LogP contribution is 2.41. The Hall–Kier alpha value is -0.220. The van der Waals surface area contributed by atoms with Crippen LogP contribution in [0, 0.1) is 5.41 Å². The van der Waals surface area contributed by atoms with E-state index in [1.54, 1.807) is 11.8 Å². The minimum atomic E-state index is -0.713. The fourth-order valence-corrected chi connectivity index (χ4v) is 4.14. The molecule has 0 amide bonds. The van der Waals surface area contributed by atoms with Crippen LogP contribution in [0.3, 0.4) is 0 Å². The number of aliphatic carboxylic acids is 1. The van der Waals surface area contributed by atoms with E-state index in [0.717, 1.165) is 31.6 Å². The third-order valence-corrected chi connectivity index (χ3v) is 5.44. The van der Waals surface area contributed by atoms with E-state index in [2.05, 4.69) is 13.8 Å². The van der Waals surface area contributed by atoms with Gasteiger partial charge in [0.2, 0.25) is 0 Å². The standard InChI is InChI=1S/C15H28O3S/c1-3-5-9-15(4-2,12-19-11-14(16)17)13-8-6-7-10-18-13/h13H,3-12H2,1-2H3,(H,16,17). The Labute approximate surface area is 121 Å². The van der Waals surface area contributed by atoms with Crippen LogP contribution in [0.2, 0.25) is 0 Å². The van der Waals surface area contributed by atoms with Gasteiger partial charge in [0.25, 0.3) is 0 Å². The molecule has 1 rings (SSSR count). The molecule has 0 spiro atoms. The van der Waals surface area contributed by atoms with Gasteiger partial charge in [0, 0.05) is 17.8 Å². The highest BCUT2D eigenvalue weighted by atomic mass is 32.2. The molecule has 19 heavy (non-hydrogen) atoms. The van der Waals surface area contributed by atoms with E-state index in [9.17, 15) is 4.79 Å². The van der Waals surface area contributed by atoms with Crippen LogP contribution in [0.5, 0.6) is 0 Å². The van der Waals surface area contributed by atoms with Crippen LogP contribution in [0.1, 0.15) is 58.8 Å². The van der Waals surface area contributed by atoms with E-state index in [1.807, 2.05) is 0 Å². The highest BCUT2D eigenvalue weighted by molar-refractivity contribution is 7.99. The number of rotatable bonds is 9. The van der Waals surface area contributed by atoms with Gasteiger partial charge >= 0.3 is 5.97 Å². The summed E-state index contributed by atoms with van der Waals surface area (Å²) in [5, 5.41) is 8.82. The van der Waals surface area contributed by atoms with E-state index >= 15 is 0 Å². The summed E-state index contributed by atoms with van der Waals surface area (Å²) in [6.07, 6.45) is 8.56. The average molecular weight is 288 g/mol. The van der Waals surface area contributed by atoms with E-state index < -0.39 is 5.97 Å².